The minimum Gasteiger partial charge on any atom is -0.372 e. The Labute approximate surface area is 147 Å². The summed E-state index contributed by atoms with van der Waals surface area (Å²) in [5.74, 6) is 0. The van der Waals surface area contributed by atoms with Gasteiger partial charge in [-0.3, -0.25) is 0 Å². The van der Waals surface area contributed by atoms with E-state index in [4.69, 9.17) is 5.21 Å². The molecule has 5 heteroatoms. The number of hydrogen-bond donors (Lipinski definition) is 3. The van der Waals surface area contributed by atoms with E-state index in [1.807, 2.05) is 29.7 Å². The number of hydrogen-bond acceptors (Lipinski definition) is 4. The van der Waals surface area contributed by atoms with E-state index in [0.29, 0.717) is 5.56 Å². The average Bonchev–Trinajstić information content (AvgIpc) is 2.95. The average molecular weight is 337 g/mol. The number of aromatic nitrogens is 1. The van der Waals surface area contributed by atoms with Crippen LogP contribution in [0.5, 0.6) is 0 Å². The zero-order valence-electron chi connectivity index (χ0n) is 14.3. The molecule has 5 nitrogen and oxygen atoms in total. The van der Waals surface area contributed by atoms with E-state index in [9.17, 15) is 5.11 Å². The number of nitrogens with one attached hydrogen (secondary N) is 1. The van der Waals surface area contributed by atoms with Gasteiger partial charge in [-0.15, -0.1) is 0 Å². The Bertz CT molecular complexity index is 886. The largest absolute Gasteiger partial charge is 0.372 e. The zero-order chi connectivity index (χ0) is 17.4. The van der Waals surface area contributed by atoms with Crippen LogP contribution in [0.1, 0.15) is 28.6 Å². The predicted molar refractivity (Wildman–Crippen MR) is 97.4 cm³/mol. The second-order valence-electron chi connectivity index (χ2n) is 6.79. The molecule has 3 N–H and O–H groups in total. The van der Waals surface area contributed by atoms with Crippen LogP contribution in [0, 0.1) is 0 Å². The Morgan fingerprint density at radius 2 is 1.88 bits per heavy atom. The van der Waals surface area contributed by atoms with E-state index in [0.717, 1.165) is 26.1 Å². The van der Waals surface area contributed by atoms with Crippen LogP contribution < -0.4 is 5.48 Å². The lowest BCUT2D eigenvalue weighted by Gasteiger charge is -2.24. The van der Waals surface area contributed by atoms with Gasteiger partial charge in [-0.25, -0.2) is 0 Å². The van der Waals surface area contributed by atoms with Crippen molar-refractivity contribution < 1.29 is 10.3 Å². The molecule has 2 heterocycles. The molecule has 0 fully saturated rings. The van der Waals surface area contributed by atoms with Crippen LogP contribution in [-0.2, 0) is 19.5 Å². The smallest absolute Gasteiger partial charge is 0.152 e. The van der Waals surface area contributed by atoms with E-state index in [-0.39, 0.29) is 0 Å². The number of fused-ring (bicyclic) bond motifs is 3. The molecule has 2 aromatic carbocycles. The van der Waals surface area contributed by atoms with Crippen LogP contribution in [0.3, 0.4) is 0 Å². The summed E-state index contributed by atoms with van der Waals surface area (Å²) in [5, 5.41) is 19.8. The van der Waals surface area contributed by atoms with Crippen molar-refractivity contribution in [3.05, 3.63) is 70.9 Å². The van der Waals surface area contributed by atoms with Crippen LogP contribution in [0.25, 0.3) is 10.9 Å². The molecule has 1 aliphatic rings. The Morgan fingerprint density at radius 3 is 2.64 bits per heavy atom. The summed E-state index contributed by atoms with van der Waals surface area (Å²) < 4.78 is 2.41. The lowest BCUT2D eigenvalue weighted by atomic mass is 10.0. The predicted octanol–water partition coefficient (Wildman–Crippen LogP) is 2.65. The van der Waals surface area contributed by atoms with Gasteiger partial charge in [0.05, 0.1) is 0 Å². The standard InChI is InChI=1S/C20H23N3O2/c1-22-11-10-17-16-4-2-3-5-18(16)23(19(17)13-22)12-14-6-8-15(9-7-14)20(24)21-25/h2-9,20-21,24-25H,10-13H2,1H3. The van der Waals surface area contributed by atoms with Gasteiger partial charge in [-0.1, -0.05) is 42.5 Å². The van der Waals surface area contributed by atoms with Crippen molar-refractivity contribution in [2.24, 2.45) is 0 Å². The van der Waals surface area contributed by atoms with Crippen molar-refractivity contribution in [3.8, 4) is 0 Å². The number of likely N-dealkylation sites (N-methyl/N-ethyl adjacent to an activating group) is 1. The van der Waals surface area contributed by atoms with E-state index < -0.39 is 6.23 Å². The summed E-state index contributed by atoms with van der Waals surface area (Å²) in [6, 6.07) is 16.3. The number of nitrogens with zero attached hydrogens (tertiary/aromatic N) is 2. The summed E-state index contributed by atoms with van der Waals surface area (Å²) in [4.78, 5) is 2.37. The van der Waals surface area contributed by atoms with Gasteiger partial charge in [0.15, 0.2) is 6.23 Å². The summed E-state index contributed by atoms with van der Waals surface area (Å²) in [6.45, 7) is 2.86. The van der Waals surface area contributed by atoms with Gasteiger partial charge in [-0.05, 0) is 36.2 Å². The van der Waals surface area contributed by atoms with Gasteiger partial charge in [0, 0.05) is 36.2 Å². The molecule has 4 rings (SSSR count). The number of rotatable bonds is 4. The van der Waals surface area contributed by atoms with Crippen LogP contribution in [0.2, 0.25) is 0 Å². The molecule has 1 unspecified atom stereocenters. The lowest BCUT2D eigenvalue weighted by Crippen LogP contribution is -2.27. The Hall–Kier alpha value is -2.18. The van der Waals surface area contributed by atoms with Gasteiger partial charge < -0.3 is 19.8 Å². The Kier molecular flexibility index (Phi) is 4.31. The van der Waals surface area contributed by atoms with Crippen LogP contribution in [0.4, 0.5) is 0 Å². The third-order valence-electron chi connectivity index (χ3n) is 5.12. The van der Waals surface area contributed by atoms with Crippen molar-refractivity contribution in [2.75, 3.05) is 13.6 Å². The molecule has 3 aromatic rings. The number of aliphatic hydroxyl groups excluding tert-OH is 1. The van der Waals surface area contributed by atoms with E-state index in [2.05, 4.69) is 40.8 Å². The molecular weight excluding hydrogens is 314 g/mol. The fourth-order valence-corrected chi connectivity index (χ4v) is 3.77. The molecule has 0 amide bonds. The summed E-state index contributed by atoms with van der Waals surface area (Å²) in [5.41, 5.74) is 7.83. The molecular formula is C20H23N3O2. The van der Waals surface area contributed by atoms with Gasteiger partial charge in [0.2, 0.25) is 0 Å². The third kappa shape index (κ3) is 2.96. The normalized spacial score (nSPS) is 16.1. The summed E-state index contributed by atoms with van der Waals surface area (Å²) in [7, 11) is 2.17. The van der Waals surface area contributed by atoms with Crippen LogP contribution in [0.15, 0.2) is 48.5 Å². The van der Waals surface area contributed by atoms with E-state index >= 15 is 0 Å². The molecule has 1 aromatic heterocycles. The zero-order valence-corrected chi connectivity index (χ0v) is 14.3. The number of hydroxylamine groups is 1. The topological polar surface area (TPSA) is 60.7 Å². The van der Waals surface area contributed by atoms with Crippen LogP contribution in [-0.4, -0.2) is 33.4 Å². The minimum atomic E-state index is -1.05. The SMILES string of the molecule is CN1CCc2c(n(Cc3ccc(C(O)NO)cc3)c3ccccc23)C1. The molecule has 0 bridgehead atoms. The first-order valence-electron chi connectivity index (χ1n) is 8.61. The first-order valence-corrected chi connectivity index (χ1v) is 8.61. The van der Waals surface area contributed by atoms with E-state index in [1.54, 1.807) is 0 Å². The fourth-order valence-electron chi connectivity index (χ4n) is 3.77. The maximum atomic E-state index is 9.63. The van der Waals surface area contributed by atoms with Crippen molar-refractivity contribution >= 4 is 10.9 Å². The van der Waals surface area contributed by atoms with Crippen molar-refractivity contribution in [1.82, 2.24) is 14.9 Å². The summed E-state index contributed by atoms with van der Waals surface area (Å²) >= 11 is 0. The summed E-state index contributed by atoms with van der Waals surface area (Å²) in [6.07, 6.45) is 0.0370. The Morgan fingerprint density at radius 1 is 1.12 bits per heavy atom. The second kappa shape index (κ2) is 6.61. The van der Waals surface area contributed by atoms with Crippen molar-refractivity contribution in [1.29, 1.82) is 0 Å². The van der Waals surface area contributed by atoms with Crippen LogP contribution >= 0.6 is 0 Å². The highest BCUT2D eigenvalue weighted by Crippen LogP contribution is 2.31. The maximum absolute atomic E-state index is 9.63. The molecule has 0 spiro atoms. The molecule has 0 radical (unpaired) electrons. The lowest BCUT2D eigenvalue weighted by molar-refractivity contribution is 0.000692. The molecule has 0 saturated carbocycles. The third-order valence-corrected chi connectivity index (χ3v) is 5.12. The Balaban J connectivity index is 1.73. The first-order chi connectivity index (χ1) is 12.2. The quantitative estimate of drug-likeness (QED) is 0.506. The monoisotopic (exact) mass is 337 g/mol. The highest BCUT2D eigenvalue weighted by atomic mass is 16.5. The molecule has 0 aliphatic carbocycles. The van der Waals surface area contributed by atoms with Gasteiger partial charge in [0.1, 0.15) is 0 Å². The fraction of sp³-hybridized carbons (Fsp3) is 0.300. The molecule has 1 atom stereocenters. The van der Waals surface area contributed by atoms with E-state index in [1.165, 1.54) is 27.7 Å². The second-order valence-corrected chi connectivity index (χ2v) is 6.79. The highest BCUT2D eigenvalue weighted by Gasteiger charge is 2.22. The highest BCUT2D eigenvalue weighted by molar-refractivity contribution is 5.86. The molecule has 1 aliphatic heterocycles. The maximum Gasteiger partial charge on any atom is 0.152 e. The van der Waals surface area contributed by atoms with Gasteiger partial charge in [-0.2, -0.15) is 5.48 Å². The minimum absolute atomic E-state index is 0.644. The van der Waals surface area contributed by atoms with Crippen molar-refractivity contribution in [2.45, 2.75) is 25.7 Å². The number of benzene rings is 2. The van der Waals surface area contributed by atoms with Crippen molar-refractivity contribution in [3.63, 3.8) is 0 Å². The number of para-hydroxylation sites is 1. The van der Waals surface area contributed by atoms with Gasteiger partial charge >= 0.3 is 0 Å². The molecule has 130 valence electrons. The number of aliphatic hydroxyl groups is 1. The van der Waals surface area contributed by atoms with Gasteiger partial charge in [0.25, 0.3) is 0 Å². The molecule has 0 saturated heterocycles. The first kappa shape index (κ1) is 16.3. The molecule has 25 heavy (non-hydrogen) atoms.